The van der Waals surface area contributed by atoms with Crippen LogP contribution in [0.3, 0.4) is 0 Å². The number of carbonyl (C=O) groups excluding carboxylic acids is 1. The van der Waals surface area contributed by atoms with Gasteiger partial charge in [-0.15, -0.1) is 0 Å². The first-order chi connectivity index (χ1) is 12.6. The highest BCUT2D eigenvalue weighted by molar-refractivity contribution is 5.99. The molecule has 0 aliphatic rings. The lowest BCUT2D eigenvalue weighted by atomic mass is 10.1. The number of anilines is 1. The van der Waals surface area contributed by atoms with Crippen molar-refractivity contribution in [3.63, 3.8) is 0 Å². The third-order valence-electron chi connectivity index (χ3n) is 4.25. The van der Waals surface area contributed by atoms with Crippen LogP contribution in [-0.4, -0.2) is 21.9 Å². The number of nitrogens with one attached hydrogen (secondary N) is 1. The Hall–Kier alpha value is -3.21. The summed E-state index contributed by atoms with van der Waals surface area (Å²) in [5, 5.41) is 3.16. The lowest BCUT2D eigenvalue weighted by molar-refractivity contribution is 0.101. The number of hydrogen-bond acceptors (Lipinski definition) is 4. The number of para-hydroxylation sites is 1. The number of Topliss-reactive ketones (excluding diaryl/α,β-unsaturated/α-hetero) is 1. The van der Waals surface area contributed by atoms with Crippen LogP contribution in [0.1, 0.15) is 28.5 Å². The molecular formula is C21H21N3O2. The maximum atomic E-state index is 12.6. The third-order valence-corrected chi connectivity index (χ3v) is 4.25. The maximum Gasteiger partial charge on any atom is 0.354 e. The number of aromatic nitrogens is 2. The molecule has 5 heteroatoms. The van der Waals surface area contributed by atoms with Crippen molar-refractivity contribution in [1.82, 2.24) is 9.55 Å². The van der Waals surface area contributed by atoms with Gasteiger partial charge in [-0.05, 0) is 38.0 Å². The average Bonchev–Trinajstić information content (AvgIpc) is 2.63. The Balaban J connectivity index is 1.93. The highest BCUT2D eigenvalue weighted by Crippen LogP contribution is 2.19. The zero-order valence-corrected chi connectivity index (χ0v) is 14.9. The summed E-state index contributed by atoms with van der Waals surface area (Å²) in [6.45, 7) is 3.85. The normalized spacial score (nSPS) is 10.5. The molecule has 0 amide bonds. The molecule has 1 N–H and O–H groups in total. The third kappa shape index (κ3) is 3.72. The summed E-state index contributed by atoms with van der Waals surface area (Å²) in [6.07, 6.45) is 0.778. The molecule has 5 nitrogen and oxygen atoms in total. The van der Waals surface area contributed by atoms with Gasteiger partial charge in [0.2, 0.25) is 0 Å². The molecule has 26 heavy (non-hydrogen) atoms. The Labute approximate surface area is 152 Å². The van der Waals surface area contributed by atoms with E-state index >= 15 is 0 Å². The van der Waals surface area contributed by atoms with E-state index in [0.717, 1.165) is 6.42 Å². The maximum absolute atomic E-state index is 12.6. The van der Waals surface area contributed by atoms with Crippen molar-refractivity contribution >= 4 is 11.6 Å². The van der Waals surface area contributed by atoms with Gasteiger partial charge in [-0.2, -0.15) is 4.98 Å². The van der Waals surface area contributed by atoms with E-state index in [1.165, 1.54) is 17.1 Å². The Morgan fingerprint density at radius 1 is 1.04 bits per heavy atom. The molecule has 2 aromatic carbocycles. The van der Waals surface area contributed by atoms with Gasteiger partial charge in [-0.25, -0.2) is 4.79 Å². The van der Waals surface area contributed by atoms with Crippen LogP contribution < -0.4 is 11.0 Å². The van der Waals surface area contributed by atoms with Crippen LogP contribution in [0.2, 0.25) is 0 Å². The van der Waals surface area contributed by atoms with E-state index in [1.807, 2.05) is 60.7 Å². The molecule has 3 rings (SSSR count). The first-order valence-corrected chi connectivity index (χ1v) is 8.55. The Bertz CT molecular complexity index is 964. The molecule has 1 aromatic heterocycles. The van der Waals surface area contributed by atoms with Crippen molar-refractivity contribution < 1.29 is 4.79 Å². The van der Waals surface area contributed by atoms with E-state index in [0.29, 0.717) is 29.3 Å². The summed E-state index contributed by atoms with van der Waals surface area (Å²) < 4.78 is 1.47. The average molecular weight is 347 g/mol. The fourth-order valence-electron chi connectivity index (χ4n) is 3.03. The predicted molar refractivity (Wildman–Crippen MR) is 103 cm³/mol. The van der Waals surface area contributed by atoms with Gasteiger partial charge < -0.3 is 5.32 Å². The fourth-order valence-corrected chi connectivity index (χ4v) is 3.03. The Kier molecular flexibility index (Phi) is 5.27. The number of rotatable bonds is 6. The van der Waals surface area contributed by atoms with Crippen molar-refractivity contribution in [3.8, 4) is 5.69 Å². The van der Waals surface area contributed by atoms with Crippen LogP contribution in [0.25, 0.3) is 5.69 Å². The van der Waals surface area contributed by atoms with Gasteiger partial charge in [0.15, 0.2) is 5.78 Å². The van der Waals surface area contributed by atoms with Crippen LogP contribution in [0.15, 0.2) is 65.5 Å². The SMILES string of the molecule is CC(=O)c1c(NCCc2ccccc2)nc(=O)n(-c2ccccc2)c1C. The first-order valence-electron chi connectivity index (χ1n) is 8.55. The zero-order chi connectivity index (χ0) is 18.5. The zero-order valence-electron chi connectivity index (χ0n) is 14.9. The molecule has 1 heterocycles. The molecule has 0 aliphatic carbocycles. The molecule has 0 saturated carbocycles. The number of ketones is 1. The van der Waals surface area contributed by atoms with Crippen molar-refractivity contribution in [2.45, 2.75) is 20.3 Å². The summed E-state index contributed by atoms with van der Waals surface area (Å²) in [5.41, 5.74) is 2.51. The van der Waals surface area contributed by atoms with Gasteiger partial charge >= 0.3 is 5.69 Å². The monoisotopic (exact) mass is 347 g/mol. The minimum absolute atomic E-state index is 0.123. The first kappa shape index (κ1) is 17.6. The minimum Gasteiger partial charge on any atom is -0.369 e. The van der Waals surface area contributed by atoms with Crippen LogP contribution in [0.4, 0.5) is 5.82 Å². The standard InChI is InChI=1S/C21H21N3O2/c1-15-19(16(2)25)20(22-14-13-17-9-5-3-6-10-17)23-21(26)24(15)18-11-7-4-8-12-18/h3-12H,13-14H2,1-2H3,(H,22,23,26). The molecule has 3 aromatic rings. The van der Waals surface area contributed by atoms with Gasteiger partial charge in [-0.1, -0.05) is 48.5 Å². The largest absolute Gasteiger partial charge is 0.369 e. The van der Waals surface area contributed by atoms with Crippen molar-refractivity contribution in [2.24, 2.45) is 0 Å². The minimum atomic E-state index is -0.402. The van der Waals surface area contributed by atoms with Crippen LogP contribution in [-0.2, 0) is 6.42 Å². The summed E-state index contributed by atoms with van der Waals surface area (Å²) >= 11 is 0. The summed E-state index contributed by atoms with van der Waals surface area (Å²) in [7, 11) is 0. The molecule has 0 aliphatic heterocycles. The highest BCUT2D eigenvalue weighted by atomic mass is 16.1. The van der Waals surface area contributed by atoms with E-state index < -0.39 is 5.69 Å². The van der Waals surface area contributed by atoms with Gasteiger partial charge in [0, 0.05) is 12.2 Å². The number of carbonyl (C=O) groups is 1. The van der Waals surface area contributed by atoms with Crippen LogP contribution >= 0.6 is 0 Å². The van der Waals surface area contributed by atoms with E-state index in [4.69, 9.17) is 0 Å². The summed E-state index contributed by atoms with van der Waals surface area (Å²) in [5.74, 6) is 0.227. The lowest BCUT2D eigenvalue weighted by Crippen LogP contribution is -2.28. The van der Waals surface area contributed by atoms with E-state index in [-0.39, 0.29) is 5.78 Å². The molecule has 0 saturated heterocycles. The Morgan fingerprint density at radius 3 is 2.27 bits per heavy atom. The molecular weight excluding hydrogens is 326 g/mol. The smallest absolute Gasteiger partial charge is 0.354 e. The Morgan fingerprint density at radius 2 is 1.65 bits per heavy atom. The van der Waals surface area contributed by atoms with Crippen molar-refractivity contribution in [2.75, 3.05) is 11.9 Å². The lowest BCUT2D eigenvalue weighted by Gasteiger charge is -2.16. The fraction of sp³-hybridized carbons (Fsp3) is 0.190. The van der Waals surface area contributed by atoms with Gasteiger partial charge in [0.1, 0.15) is 5.82 Å². The van der Waals surface area contributed by atoms with Gasteiger partial charge in [-0.3, -0.25) is 9.36 Å². The second-order valence-corrected chi connectivity index (χ2v) is 6.09. The molecule has 0 bridgehead atoms. The van der Waals surface area contributed by atoms with E-state index in [2.05, 4.69) is 10.3 Å². The van der Waals surface area contributed by atoms with E-state index in [1.54, 1.807) is 6.92 Å². The molecule has 0 unspecified atom stereocenters. The number of benzene rings is 2. The molecule has 0 radical (unpaired) electrons. The van der Waals surface area contributed by atoms with Gasteiger partial charge in [0.05, 0.1) is 11.3 Å². The summed E-state index contributed by atoms with van der Waals surface area (Å²) in [4.78, 5) is 28.9. The van der Waals surface area contributed by atoms with Crippen LogP contribution in [0.5, 0.6) is 0 Å². The second kappa shape index (κ2) is 7.78. The predicted octanol–water partition coefficient (Wildman–Crippen LogP) is 3.40. The van der Waals surface area contributed by atoms with Gasteiger partial charge in [0.25, 0.3) is 0 Å². The van der Waals surface area contributed by atoms with E-state index in [9.17, 15) is 9.59 Å². The summed E-state index contributed by atoms with van der Waals surface area (Å²) in [6, 6.07) is 19.2. The number of hydrogen-bond donors (Lipinski definition) is 1. The van der Waals surface area contributed by atoms with Crippen molar-refractivity contribution in [3.05, 3.63) is 88.0 Å². The molecule has 0 spiro atoms. The van der Waals surface area contributed by atoms with Crippen molar-refractivity contribution in [1.29, 1.82) is 0 Å². The topological polar surface area (TPSA) is 64.0 Å². The highest BCUT2D eigenvalue weighted by Gasteiger charge is 2.18. The second-order valence-electron chi connectivity index (χ2n) is 6.09. The molecule has 0 atom stereocenters. The molecule has 0 fully saturated rings. The molecule has 132 valence electrons. The number of nitrogens with zero attached hydrogens (tertiary/aromatic N) is 2. The van der Waals surface area contributed by atoms with Crippen LogP contribution in [0, 0.1) is 6.92 Å². The quantitative estimate of drug-likeness (QED) is 0.694.